The van der Waals surface area contributed by atoms with Gasteiger partial charge in [0, 0.05) is 24.6 Å². The van der Waals surface area contributed by atoms with Crippen molar-refractivity contribution in [2.75, 3.05) is 20.1 Å². The summed E-state index contributed by atoms with van der Waals surface area (Å²) in [5.74, 6) is -0.527. The van der Waals surface area contributed by atoms with Crippen LogP contribution in [0.5, 0.6) is 5.75 Å². The Morgan fingerprint density at radius 3 is 2.12 bits per heavy atom. The number of fused-ring (bicyclic) bond motifs is 1. The van der Waals surface area contributed by atoms with Crippen LogP contribution >= 0.6 is 0 Å². The number of aliphatic hydroxyl groups excluding tert-OH is 2. The summed E-state index contributed by atoms with van der Waals surface area (Å²) < 4.78 is 13.4. The monoisotopic (exact) mass is 698 g/mol. The van der Waals surface area contributed by atoms with Crippen LogP contribution in [0.2, 0.25) is 0 Å². The van der Waals surface area contributed by atoms with Gasteiger partial charge in [0.1, 0.15) is 5.75 Å². The number of imide groups is 1. The lowest BCUT2D eigenvalue weighted by molar-refractivity contribution is -0.276. The van der Waals surface area contributed by atoms with Gasteiger partial charge in [0.2, 0.25) is 0 Å². The number of hydrogen-bond donors (Lipinski definition) is 3. The molecular weight excluding hydrogens is 656 g/mol. The molecule has 0 saturated carbocycles. The molecule has 52 heavy (non-hydrogen) atoms. The van der Waals surface area contributed by atoms with Crippen molar-refractivity contribution in [1.29, 1.82) is 0 Å². The molecule has 2 heterocycles. The summed E-state index contributed by atoms with van der Waals surface area (Å²) >= 11 is 0. The van der Waals surface area contributed by atoms with Gasteiger partial charge in [-0.15, -0.1) is 0 Å². The van der Waals surface area contributed by atoms with Crippen molar-refractivity contribution in [3.8, 4) is 16.9 Å². The molecule has 2 aliphatic heterocycles. The first-order chi connectivity index (χ1) is 25.2. The molecule has 5 aromatic rings. The number of aliphatic hydroxyl groups is 2. The number of likely N-dealkylation sites (N-methyl/N-ethyl adjacent to an activating group) is 1. The molecule has 1 fully saturated rings. The first kappa shape index (κ1) is 35.3. The average molecular weight is 699 g/mol. The van der Waals surface area contributed by atoms with E-state index < -0.39 is 12.4 Å². The number of carbonyl (C=O) groups is 2. The molecule has 2 amide bonds. The summed E-state index contributed by atoms with van der Waals surface area (Å²) in [7, 11) is 1.94. The predicted molar refractivity (Wildman–Crippen MR) is 196 cm³/mol. The van der Waals surface area contributed by atoms with Crippen molar-refractivity contribution in [2.24, 2.45) is 5.92 Å². The lowest BCUT2D eigenvalue weighted by Gasteiger charge is -2.42. The number of nitrogens with zero attached hydrogens (tertiary/aromatic N) is 2. The zero-order valence-electron chi connectivity index (χ0n) is 29.1. The Labute approximate surface area is 303 Å². The minimum absolute atomic E-state index is 0.0473. The van der Waals surface area contributed by atoms with Crippen molar-refractivity contribution >= 4 is 11.8 Å². The molecule has 266 valence electrons. The van der Waals surface area contributed by atoms with Crippen LogP contribution < -0.4 is 0 Å². The summed E-state index contributed by atoms with van der Waals surface area (Å²) in [6.45, 7) is 3.07. The Morgan fingerprint density at radius 1 is 0.750 bits per heavy atom. The summed E-state index contributed by atoms with van der Waals surface area (Å²) in [5.41, 5.74) is 6.80. The third-order valence-corrected chi connectivity index (χ3v) is 9.99. The highest BCUT2D eigenvalue weighted by Crippen LogP contribution is 2.42. The van der Waals surface area contributed by atoms with E-state index >= 15 is 0 Å². The maximum Gasteiger partial charge on any atom is 0.261 e. The van der Waals surface area contributed by atoms with E-state index in [4.69, 9.17) is 9.47 Å². The molecule has 5 atom stereocenters. The molecule has 9 nitrogen and oxygen atoms in total. The smallest absolute Gasteiger partial charge is 0.261 e. The summed E-state index contributed by atoms with van der Waals surface area (Å²) in [6.07, 6.45) is -2.08. The topological polar surface area (TPSA) is 120 Å². The predicted octanol–water partition coefficient (Wildman–Crippen LogP) is 6.80. The molecule has 0 aliphatic carbocycles. The van der Waals surface area contributed by atoms with Crippen LogP contribution in [0.3, 0.4) is 0 Å². The fourth-order valence-electron chi connectivity index (χ4n) is 7.12. The number of ether oxygens (including phenoxy) is 2. The maximum absolute atomic E-state index is 13.0. The minimum atomic E-state index is -0.797. The van der Waals surface area contributed by atoms with Crippen molar-refractivity contribution in [1.82, 2.24) is 9.80 Å². The quantitative estimate of drug-likeness (QED) is 0.129. The first-order valence-electron chi connectivity index (χ1n) is 17.5. The highest BCUT2D eigenvalue weighted by molar-refractivity contribution is 6.21. The van der Waals surface area contributed by atoms with E-state index in [0.29, 0.717) is 29.8 Å². The van der Waals surface area contributed by atoms with Gasteiger partial charge in [-0.1, -0.05) is 91.9 Å². The van der Waals surface area contributed by atoms with E-state index in [1.54, 1.807) is 48.5 Å². The lowest BCUT2D eigenvalue weighted by atomic mass is 9.89. The van der Waals surface area contributed by atoms with Crippen LogP contribution in [0.15, 0.2) is 121 Å². The Hall–Kier alpha value is -5.16. The Morgan fingerprint density at radius 2 is 1.42 bits per heavy atom. The van der Waals surface area contributed by atoms with Crippen molar-refractivity contribution < 1.29 is 34.4 Å². The summed E-state index contributed by atoms with van der Waals surface area (Å²) in [4.78, 5) is 29.4. The molecule has 0 spiro atoms. The average Bonchev–Trinajstić information content (AvgIpc) is 3.40. The molecule has 1 saturated heterocycles. The number of carbonyl (C=O) groups excluding carboxylic acids is 2. The van der Waals surface area contributed by atoms with Gasteiger partial charge >= 0.3 is 0 Å². The Kier molecular flexibility index (Phi) is 10.3. The van der Waals surface area contributed by atoms with Crippen molar-refractivity contribution in [3.05, 3.63) is 160 Å². The second-order valence-electron chi connectivity index (χ2n) is 13.7. The fourth-order valence-corrected chi connectivity index (χ4v) is 7.12. The number of benzene rings is 5. The molecule has 0 radical (unpaired) electrons. The van der Waals surface area contributed by atoms with E-state index in [9.17, 15) is 24.9 Å². The number of rotatable bonds is 11. The van der Waals surface area contributed by atoms with Crippen LogP contribution in [0, 0.1) is 5.92 Å². The second-order valence-corrected chi connectivity index (χ2v) is 13.7. The molecule has 2 aliphatic rings. The molecule has 7 rings (SSSR count). The summed E-state index contributed by atoms with van der Waals surface area (Å²) in [6, 6.07) is 37.1. The zero-order chi connectivity index (χ0) is 36.4. The lowest BCUT2D eigenvalue weighted by Crippen LogP contribution is -2.44. The number of phenols is 1. The maximum atomic E-state index is 13.0. The SMILES string of the molecule is CC1C(CN(C)CC(O)c2cccc(O)c2)OC(c2cccc(-c3cccc(CN4C(=O)c5ccccc5C4=O)c3)c2)OC1c1ccc(CO)cc1. The van der Waals surface area contributed by atoms with E-state index in [0.717, 1.165) is 33.4 Å². The minimum Gasteiger partial charge on any atom is -0.508 e. The van der Waals surface area contributed by atoms with E-state index in [1.165, 1.54) is 4.90 Å². The normalized spacial score (nSPS) is 20.7. The van der Waals surface area contributed by atoms with Gasteiger partial charge < -0.3 is 29.7 Å². The van der Waals surface area contributed by atoms with Crippen LogP contribution in [0.4, 0.5) is 0 Å². The van der Waals surface area contributed by atoms with Crippen LogP contribution in [0.1, 0.15) is 74.0 Å². The number of hydrogen-bond acceptors (Lipinski definition) is 8. The van der Waals surface area contributed by atoms with E-state index in [2.05, 4.69) is 6.92 Å². The van der Waals surface area contributed by atoms with Crippen LogP contribution in [-0.4, -0.2) is 63.2 Å². The van der Waals surface area contributed by atoms with Crippen molar-refractivity contribution in [2.45, 2.75) is 44.7 Å². The zero-order valence-corrected chi connectivity index (χ0v) is 29.1. The molecule has 0 aromatic heterocycles. The van der Waals surface area contributed by atoms with Crippen LogP contribution in [0.25, 0.3) is 11.1 Å². The molecule has 9 heteroatoms. The number of amides is 2. The molecular formula is C43H42N2O7. The Balaban J connectivity index is 1.12. The van der Waals surface area contributed by atoms with Gasteiger partial charge in [-0.2, -0.15) is 0 Å². The molecule has 5 aromatic carbocycles. The Bertz CT molecular complexity index is 2030. The van der Waals surface area contributed by atoms with Gasteiger partial charge in [-0.25, -0.2) is 0 Å². The van der Waals surface area contributed by atoms with Gasteiger partial charge in [0.05, 0.1) is 42.6 Å². The summed E-state index contributed by atoms with van der Waals surface area (Å²) in [5, 5.41) is 30.5. The highest BCUT2D eigenvalue weighted by atomic mass is 16.7. The van der Waals surface area contributed by atoms with Gasteiger partial charge in [0.25, 0.3) is 11.8 Å². The molecule has 0 bridgehead atoms. The van der Waals surface area contributed by atoms with Gasteiger partial charge in [0.15, 0.2) is 6.29 Å². The van der Waals surface area contributed by atoms with Gasteiger partial charge in [-0.3, -0.25) is 14.5 Å². The van der Waals surface area contributed by atoms with Crippen LogP contribution in [-0.2, 0) is 22.6 Å². The van der Waals surface area contributed by atoms with E-state index in [-0.39, 0.29) is 48.8 Å². The first-order valence-corrected chi connectivity index (χ1v) is 17.5. The number of phenolic OH excluding ortho intramolecular Hbond substituents is 1. The van der Waals surface area contributed by atoms with Crippen molar-refractivity contribution in [3.63, 3.8) is 0 Å². The molecule has 5 unspecified atom stereocenters. The second kappa shape index (κ2) is 15.2. The highest BCUT2D eigenvalue weighted by Gasteiger charge is 2.39. The fraction of sp³-hybridized carbons (Fsp3) is 0.256. The third kappa shape index (κ3) is 7.41. The largest absolute Gasteiger partial charge is 0.508 e. The third-order valence-electron chi connectivity index (χ3n) is 9.99. The van der Waals surface area contributed by atoms with E-state index in [1.807, 2.05) is 84.7 Å². The molecule has 3 N–H and O–H groups in total. The standard InChI is InChI=1S/C43H42N2O7/c1-27-39(25-44(2)24-38(48)33-11-7-13-35(47)22-33)51-43(52-40(27)30-18-16-28(26-46)17-19-30)34-12-6-10-32(21-34)31-9-5-8-29(20-31)23-45-41(49)36-14-3-4-15-37(36)42(45)50/h3-22,27,38-40,43,46-48H,23-26H2,1-2H3. The number of aromatic hydroxyl groups is 1. The van der Waals surface area contributed by atoms with Gasteiger partial charge in [-0.05, 0) is 76.8 Å².